The minimum absolute atomic E-state index is 0. The van der Waals surface area contributed by atoms with Crippen LogP contribution >= 0.6 is 23.7 Å². The van der Waals surface area contributed by atoms with E-state index in [1.54, 1.807) is 0 Å². The Kier molecular flexibility index (Phi) is 4.05. The quantitative estimate of drug-likeness (QED) is 0.702. The van der Waals surface area contributed by atoms with Crippen molar-refractivity contribution in [2.24, 2.45) is 5.73 Å². The third-order valence-electron chi connectivity index (χ3n) is 0.984. The molecule has 0 unspecified atom stereocenters. The average Bonchev–Trinajstić information content (AvgIpc) is 2.34. The molecule has 4 heteroatoms. The highest BCUT2D eigenvalue weighted by Gasteiger charge is 1.93. The number of rotatable bonds is 1. The first kappa shape index (κ1) is 9.44. The zero-order valence-corrected chi connectivity index (χ0v) is 6.84. The molecule has 0 aromatic carbocycles. The van der Waals surface area contributed by atoms with E-state index in [1.807, 2.05) is 17.5 Å². The zero-order chi connectivity index (χ0) is 6.69. The van der Waals surface area contributed by atoms with Gasteiger partial charge in [0.2, 0.25) is 0 Å². The zero-order valence-electron chi connectivity index (χ0n) is 5.20. The molecule has 1 aromatic rings. The summed E-state index contributed by atoms with van der Waals surface area (Å²) in [6, 6.07) is 3.85. The van der Waals surface area contributed by atoms with Crippen molar-refractivity contribution in [1.29, 1.82) is 5.26 Å². The first-order valence-corrected chi connectivity index (χ1v) is 3.42. The Bertz CT molecular complexity index is 238. The second-order valence-electron chi connectivity index (χ2n) is 1.62. The van der Waals surface area contributed by atoms with Crippen molar-refractivity contribution in [2.75, 3.05) is 0 Å². The van der Waals surface area contributed by atoms with Gasteiger partial charge in [-0.3, -0.25) is 0 Å². The lowest BCUT2D eigenvalue weighted by Gasteiger charge is -1.80. The van der Waals surface area contributed by atoms with E-state index in [0.29, 0.717) is 12.1 Å². The summed E-state index contributed by atoms with van der Waals surface area (Å²) < 4.78 is 0. The molecule has 0 atom stereocenters. The highest BCUT2D eigenvalue weighted by atomic mass is 35.5. The minimum Gasteiger partial charge on any atom is -0.326 e. The normalized spacial score (nSPS) is 8.00. The first-order valence-electron chi connectivity index (χ1n) is 2.54. The van der Waals surface area contributed by atoms with E-state index in [9.17, 15) is 0 Å². The number of thiophene rings is 1. The van der Waals surface area contributed by atoms with Crippen LogP contribution in [-0.2, 0) is 6.54 Å². The molecule has 2 N–H and O–H groups in total. The summed E-state index contributed by atoms with van der Waals surface area (Å²) in [6.07, 6.45) is 0. The van der Waals surface area contributed by atoms with Gasteiger partial charge in [0.15, 0.2) is 0 Å². The van der Waals surface area contributed by atoms with E-state index < -0.39 is 0 Å². The summed E-state index contributed by atoms with van der Waals surface area (Å²) in [5.74, 6) is 0. The molecule has 0 aliphatic rings. The third kappa shape index (κ3) is 1.99. The lowest BCUT2D eigenvalue weighted by atomic mass is 10.3. The van der Waals surface area contributed by atoms with E-state index in [-0.39, 0.29) is 12.4 Å². The molecule has 0 bridgehead atoms. The van der Waals surface area contributed by atoms with Gasteiger partial charge in [-0.15, -0.1) is 23.7 Å². The fourth-order valence-electron chi connectivity index (χ4n) is 0.546. The minimum atomic E-state index is 0. The molecule has 0 spiro atoms. The third-order valence-corrected chi connectivity index (χ3v) is 1.94. The molecule has 0 aliphatic carbocycles. The molecule has 0 saturated heterocycles. The van der Waals surface area contributed by atoms with Crippen LogP contribution in [0.2, 0.25) is 0 Å². The van der Waals surface area contributed by atoms with Gasteiger partial charge < -0.3 is 5.73 Å². The summed E-state index contributed by atoms with van der Waals surface area (Å²) in [5.41, 5.74) is 6.03. The summed E-state index contributed by atoms with van der Waals surface area (Å²) >= 11 is 1.53. The molecule has 1 heterocycles. The molecule has 2 nitrogen and oxygen atoms in total. The van der Waals surface area contributed by atoms with Gasteiger partial charge in [0.25, 0.3) is 0 Å². The van der Waals surface area contributed by atoms with Crippen LogP contribution in [0.4, 0.5) is 0 Å². The number of nitrogens with two attached hydrogens (primary N) is 1. The second-order valence-corrected chi connectivity index (χ2v) is 2.61. The average molecular weight is 175 g/mol. The van der Waals surface area contributed by atoms with Gasteiger partial charge in [-0.1, -0.05) is 0 Å². The molecule has 0 fully saturated rings. The van der Waals surface area contributed by atoms with Crippen molar-refractivity contribution in [3.63, 3.8) is 0 Å². The Morgan fingerprint density at radius 1 is 1.70 bits per heavy atom. The van der Waals surface area contributed by atoms with Crippen molar-refractivity contribution in [1.82, 2.24) is 0 Å². The van der Waals surface area contributed by atoms with Crippen LogP contribution < -0.4 is 5.73 Å². The van der Waals surface area contributed by atoms with Crippen molar-refractivity contribution in [3.8, 4) is 6.07 Å². The first-order chi connectivity index (χ1) is 4.36. The monoisotopic (exact) mass is 174 g/mol. The smallest absolute Gasteiger partial charge is 0.100 e. The lowest BCUT2D eigenvalue weighted by molar-refractivity contribution is 1.11. The van der Waals surface area contributed by atoms with Crippen LogP contribution in [0.15, 0.2) is 11.4 Å². The predicted octanol–water partition coefficient (Wildman–Crippen LogP) is 1.50. The number of halogens is 1. The maximum Gasteiger partial charge on any atom is 0.100 e. The van der Waals surface area contributed by atoms with E-state index in [2.05, 4.69) is 0 Å². The van der Waals surface area contributed by atoms with Crippen LogP contribution in [0.5, 0.6) is 0 Å². The van der Waals surface area contributed by atoms with Crippen LogP contribution in [0.1, 0.15) is 10.4 Å². The Morgan fingerprint density at radius 3 is 2.70 bits per heavy atom. The molecule has 0 aliphatic heterocycles. The Morgan fingerprint density at radius 2 is 2.40 bits per heavy atom. The lowest BCUT2D eigenvalue weighted by Crippen LogP contribution is -1.91. The molecule has 0 amide bonds. The van der Waals surface area contributed by atoms with Crippen molar-refractivity contribution in [2.45, 2.75) is 6.54 Å². The highest BCUT2D eigenvalue weighted by molar-refractivity contribution is 7.10. The number of nitrogens with zero attached hydrogens (tertiary/aromatic N) is 1. The highest BCUT2D eigenvalue weighted by Crippen LogP contribution is 2.11. The topological polar surface area (TPSA) is 49.8 Å². The summed E-state index contributed by atoms with van der Waals surface area (Å²) in [6.45, 7) is 0.534. The SMILES string of the molecule is Cl.N#Cc1csc(CN)c1. The fourth-order valence-corrected chi connectivity index (χ4v) is 1.24. The number of hydrogen-bond acceptors (Lipinski definition) is 3. The van der Waals surface area contributed by atoms with Crippen molar-refractivity contribution < 1.29 is 0 Å². The van der Waals surface area contributed by atoms with E-state index in [0.717, 1.165) is 4.88 Å². The fraction of sp³-hybridized carbons (Fsp3) is 0.167. The van der Waals surface area contributed by atoms with E-state index >= 15 is 0 Å². The molecule has 0 radical (unpaired) electrons. The van der Waals surface area contributed by atoms with Crippen LogP contribution in [0, 0.1) is 11.3 Å². The molecule has 54 valence electrons. The molecular weight excluding hydrogens is 168 g/mol. The van der Waals surface area contributed by atoms with Gasteiger partial charge in [0, 0.05) is 16.8 Å². The molecule has 1 aromatic heterocycles. The van der Waals surface area contributed by atoms with Crippen LogP contribution in [-0.4, -0.2) is 0 Å². The van der Waals surface area contributed by atoms with Crippen LogP contribution in [0.3, 0.4) is 0 Å². The predicted molar refractivity (Wildman–Crippen MR) is 44.2 cm³/mol. The molecule has 0 saturated carbocycles. The van der Waals surface area contributed by atoms with Gasteiger partial charge in [-0.05, 0) is 6.07 Å². The largest absolute Gasteiger partial charge is 0.326 e. The second kappa shape index (κ2) is 4.29. The molecular formula is C6H7ClN2S. The Hall–Kier alpha value is -0.560. The van der Waals surface area contributed by atoms with Gasteiger partial charge in [-0.25, -0.2) is 0 Å². The summed E-state index contributed by atoms with van der Waals surface area (Å²) in [7, 11) is 0. The molecule has 10 heavy (non-hydrogen) atoms. The van der Waals surface area contributed by atoms with Crippen LogP contribution in [0.25, 0.3) is 0 Å². The van der Waals surface area contributed by atoms with Gasteiger partial charge >= 0.3 is 0 Å². The van der Waals surface area contributed by atoms with E-state index in [4.69, 9.17) is 11.0 Å². The van der Waals surface area contributed by atoms with Crippen molar-refractivity contribution in [3.05, 3.63) is 21.9 Å². The van der Waals surface area contributed by atoms with Gasteiger partial charge in [0.05, 0.1) is 5.56 Å². The standard InChI is InChI=1S/C6H6N2S.ClH/c7-2-5-1-6(3-8)9-4-5;/h1,4H,3,8H2;1H. The Balaban J connectivity index is 0.000000810. The number of hydrogen-bond donors (Lipinski definition) is 1. The maximum atomic E-state index is 8.36. The van der Waals surface area contributed by atoms with Gasteiger partial charge in [-0.2, -0.15) is 5.26 Å². The van der Waals surface area contributed by atoms with Crippen molar-refractivity contribution >= 4 is 23.7 Å². The summed E-state index contributed by atoms with van der Waals surface area (Å²) in [5, 5.41) is 10.2. The maximum absolute atomic E-state index is 8.36. The number of nitriles is 1. The Labute approximate surface area is 69.7 Å². The molecule has 1 rings (SSSR count). The summed E-state index contributed by atoms with van der Waals surface area (Å²) in [4.78, 5) is 1.06. The van der Waals surface area contributed by atoms with Gasteiger partial charge in [0.1, 0.15) is 6.07 Å². The van der Waals surface area contributed by atoms with E-state index in [1.165, 1.54) is 11.3 Å².